The van der Waals surface area contributed by atoms with Crippen molar-refractivity contribution >= 4 is 5.91 Å². The van der Waals surface area contributed by atoms with Gasteiger partial charge in [0, 0.05) is 24.2 Å². The number of alkyl halides is 3. The predicted octanol–water partition coefficient (Wildman–Crippen LogP) is 5.40. The van der Waals surface area contributed by atoms with Gasteiger partial charge in [-0.15, -0.1) is 0 Å². The van der Waals surface area contributed by atoms with E-state index in [9.17, 15) is 18.0 Å². The van der Waals surface area contributed by atoms with Gasteiger partial charge in [0.25, 0.3) is 5.91 Å². The molecule has 3 aromatic rings. The molecule has 2 aromatic carbocycles. The number of rotatable bonds is 7. The van der Waals surface area contributed by atoms with Crippen molar-refractivity contribution in [2.45, 2.75) is 31.5 Å². The number of nitrogens with zero attached hydrogens (tertiary/aromatic N) is 3. The van der Waals surface area contributed by atoms with Crippen LogP contribution in [0, 0.1) is 0 Å². The lowest BCUT2D eigenvalue weighted by Crippen LogP contribution is -2.38. The number of aromatic amines is 1. The number of hydrogen-bond acceptors (Lipinski definition) is 4. The molecule has 6 nitrogen and oxygen atoms in total. The maximum Gasteiger partial charge on any atom is 0.416 e. The number of halogens is 3. The Balaban J connectivity index is 1.53. The molecule has 1 atom stereocenters. The topological polar surface area (TPSA) is 61.5 Å². The van der Waals surface area contributed by atoms with Crippen LogP contribution in [0.4, 0.5) is 13.2 Å². The van der Waals surface area contributed by atoms with Crippen LogP contribution in [0.15, 0.2) is 54.7 Å². The van der Waals surface area contributed by atoms with Crippen molar-refractivity contribution in [3.05, 3.63) is 71.5 Å². The molecule has 0 spiro atoms. The molecule has 0 aliphatic carbocycles. The molecule has 1 fully saturated rings. The van der Waals surface area contributed by atoms with E-state index in [2.05, 4.69) is 10.2 Å². The number of aromatic nitrogens is 2. The van der Waals surface area contributed by atoms with Crippen LogP contribution in [0.5, 0.6) is 5.75 Å². The van der Waals surface area contributed by atoms with Gasteiger partial charge in [-0.2, -0.15) is 18.3 Å². The summed E-state index contributed by atoms with van der Waals surface area (Å²) in [6, 6.07) is 11.9. The predicted molar refractivity (Wildman–Crippen MR) is 127 cm³/mol. The van der Waals surface area contributed by atoms with E-state index in [0.29, 0.717) is 35.6 Å². The summed E-state index contributed by atoms with van der Waals surface area (Å²) < 4.78 is 44.7. The highest BCUT2D eigenvalue weighted by atomic mass is 19.4. The molecular weight excluding hydrogens is 457 g/mol. The summed E-state index contributed by atoms with van der Waals surface area (Å²) in [6.07, 6.45) is -0.212. The van der Waals surface area contributed by atoms with E-state index in [-0.39, 0.29) is 11.9 Å². The fourth-order valence-corrected chi connectivity index (χ4v) is 4.30. The van der Waals surface area contributed by atoms with Crippen LogP contribution in [-0.2, 0) is 6.18 Å². The van der Waals surface area contributed by atoms with Gasteiger partial charge < -0.3 is 14.5 Å². The van der Waals surface area contributed by atoms with Crippen molar-refractivity contribution in [1.82, 2.24) is 20.0 Å². The molecule has 2 heterocycles. The molecular formula is C26H29F3N4O2. The van der Waals surface area contributed by atoms with Gasteiger partial charge in [-0.05, 0) is 75.3 Å². The van der Waals surface area contributed by atoms with Crippen molar-refractivity contribution in [3.8, 4) is 16.9 Å². The second-order valence-electron chi connectivity index (χ2n) is 8.96. The molecule has 1 aliphatic rings. The first-order valence-electron chi connectivity index (χ1n) is 11.6. The van der Waals surface area contributed by atoms with E-state index in [0.717, 1.165) is 43.6 Å². The molecule has 35 heavy (non-hydrogen) atoms. The quantitative estimate of drug-likeness (QED) is 0.486. The minimum atomic E-state index is -4.39. The van der Waals surface area contributed by atoms with Gasteiger partial charge in [-0.3, -0.25) is 9.89 Å². The lowest BCUT2D eigenvalue weighted by atomic mass is 9.93. The minimum absolute atomic E-state index is 0.0949. The standard InChI is InChI=1S/C26H29F3N4O2/c1-32(2)15-16-35-21-12-8-19(9-13-21)25(34)33-14-4-3-5-23(33)24-22(17-30-31-24)18-6-10-20(11-7-18)26(27,28)29/h6-13,17,23H,3-5,14-16H2,1-2H3,(H,30,31)/t23-/m1/s1. The minimum Gasteiger partial charge on any atom is -0.492 e. The number of piperidine rings is 1. The molecule has 0 bridgehead atoms. The molecule has 1 saturated heterocycles. The summed E-state index contributed by atoms with van der Waals surface area (Å²) in [4.78, 5) is 17.3. The van der Waals surface area contributed by atoms with Gasteiger partial charge in [0.05, 0.1) is 23.5 Å². The number of hydrogen-bond donors (Lipinski definition) is 1. The van der Waals surface area contributed by atoms with E-state index >= 15 is 0 Å². The zero-order valence-corrected chi connectivity index (χ0v) is 19.8. The molecule has 0 saturated carbocycles. The van der Waals surface area contributed by atoms with Gasteiger partial charge >= 0.3 is 6.18 Å². The Kier molecular flexibility index (Phi) is 7.45. The summed E-state index contributed by atoms with van der Waals surface area (Å²) in [5.41, 5.74) is 1.93. The number of benzene rings is 2. The summed E-state index contributed by atoms with van der Waals surface area (Å²) in [7, 11) is 3.95. The highest BCUT2D eigenvalue weighted by molar-refractivity contribution is 5.94. The lowest BCUT2D eigenvalue weighted by molar-refractivity contribution is -0.137. The maximum atomic E-state index is 13.4. The lowest BCUT2D eigenvalue weighted by Gasteiger charge is -2.35. The molecule has 1 N–H and O–H groups in total. The number of likely N-dealkylation sites (N-methyl/N-ethyl adjacent to an activating group) is 1. The third-order valence-electron chi connectivity index (χ3n) is 6.20. The smallest absolute Gasteiger partial charge is 0.416 e. The van der Waals surface area contributed by atoms with Crippen LogP contribution in [0.1, 0.15) is 46.9 Å². The average Bonchev–Trinajstić information content (AvgIpc) is 3.33. The summed E-state index contributed by atoms with van der Waals surface area (Å²) in [6.45, 7) is 1.94. The van der Waals surface area contributed by atoms with Crippen LogP contribution >= 0.6 is 0 Å². The maximum absolute atomic E-state index is 13.4. The Morgan fingerprint density at radius 3 is 2.49 bits per heavy atom. The normalized spacial score (nSPS) is 16.5. The first kappa shape index (κ1) is 24.8. The number of amides is 1. The summed E-state index contributed by atoms with van der Waals surface area (Å²) in [5, 5.41) is 7.17. The molecule has 186 valence electrons. The van der Waals surface area contributed by atoms with Gasteiger partial charge in [0.2, 0.25) is 0 Å². The van der Waals surface area contributed by atoms with E-state index in [4.69, 9.17) is 4.74 Å². The zero-order chi connectivity index (χ0) is 25.0. The molecule has 0 radical (unpaired) electrons. The average molecular weight is 487 g/mol. The molecule has 4 rings (SSSR count). The van der Waals surface area contributed by atoms with Gasteiger partial charge in [-0.1, -0.05) is 12.1 Å². The number of carbonyl (C=O) groups is 1. The van der Waals surface area contributed by atoms with Crippen molar-refractivity contribution in [3.63, 3.8) is 0 Å². The first-order valence-corrected chi connectivity index (χ1v) is 11.6. The van der Waals surface area contributed by atoms with E-state index in [1.165, 1.54) is 12.1 Å². The summed E-state index contributed by atoms with van der Waals surface area (Å²) in [5.74, 6) is 0.610. The fraction of sp³-hybridized carbons (Fsp3) is 0.385. The van der Waals surface area contributed by atoms with Gasteiger partial charge in [0.1, 0.15) is 12.4 Å². The van der Waals surface area contributed by atoms with Crippen molar-refractivity contribution in [1.29, 1.82) is 0 Å². The number of carbonyl (C=O) groups excluding carboxylic acids is 1. The molecule has 1 aliphatic heterocycles. The Morgan fingerprint density at radius 1 is 1.11 bits per heavy atom. The zero-order valence-electron chi connectivity index (χ0n) is 19.8. The van der Waals surface area contributed by atoms with E-state index in [1.807, 2.05) is 23.9 Å². The third-order valence-corrected chi connectivity index (χ3v) is 6.20. The number of nitrogens with one attached hydrogen (secondary N) is 1. The molecule has 1 amide bonds. The van der Waals surface area contributed by atoms with Crippen LogP contribution in [0.3, 0.4) is 0 Å². The second kappa shape index (κ2) is 10.5. The van der Waals surface area contributed by atoms with E-state index in [1.54, 1.807) is 30.5 Å². The number of ether oxygens (including phenoxy) is 1. The fourth-order valence-electron chi connectivity index (χ4n) is 4.30. The van der Waals surface area contributed by atoms with Gasteiger partial charge in [0.15, 0.2) is 0 Å². The third kappa shape index (κ3) is 5.85. The van der Waals surface area contributed by atoms with Crippen LogP contribution < -0.4 is 4.74 Å². The largest absolute Gasteiger partial charge is 0.492 e. The van der Waals surface area contributed by atoms with Crippen LogP contribution in [-0.4, -0.2) is 59.7 Å². The highest BCUT2D eigenvalue weighted by Gasteiger charge is 2.33. The number of H-pyrrole nitrogens is 1. The van der Waals surface area contributed by atoms with Crippen molar-refractivity contribution < 1.29 is 22.7 Å². The Hall–Kier alpha value is -3.33. The SMILES string of the molecule is CN(C)CCOc1ccc(C(=O)N2CCCC[C@@H]2c2[nH]ncc2-c2ccc(C(F)(F)F)cc2)cc1. The summed E-state index contributed by atoms with van der Waals surface area (Å²) >= 11 is 0. The Labute approximate surface area is 202 Å². The Bertz CT molecular complexity index is 1120. The molecule has 0 unspecified atom stereocenters. The second-order valence-corrected chi connectivity index (χ2v) is 8.96. The van der Waals surface area contributed by atoms with Crippen LogP contribution in [0.25, 0.3) is 11.1 Å². The number of likely N-dealkylation sites (tertiary alicyclic amines) is 1. The molecule has 1 aromatic heterocycles. The van der Waals surface area contributed by atoms with E-state index < -0.39 is 11.7 Å². The van der Waals surface area contributed by atoms with Gasteiger partial charge in [-0.25, -0.2) is 0 Å². The van der Waals surface area contributed by atoms with Crippen LogP contribution in [0.2, 0.25) is 0 Å². The first-order chi connectivity index (χ1) is 16.7. The molecule has 9 heteroatoms. The monoisotopic (exact) mass is 486 g/mol. The highest BCUT2D eigenvalue weighted by Crippen LogP contribution is 2.37. The van der Waals surface area contributed by atoms with Crippen molar-refractivity contribution in [2.75, 3.05) is 33.8 Å². The van der Waals surface area contributed by atoms with Crippen molar-refractivity contribution in [2.24, 2.45) is 0 Å². The Morgan fingerprint density at radius 2 is 1.83 bits per heavy atom.